The first-order chi connectivity index (χ1) is 5.79. The van der Waals surface area contributed by atoms with E-state index in [0.717, 1.165) is 12.1 Å². The summed E-state index contributed by atoms with van der Waals surface area (Å²) in [5, 5.41) is 3.25. The van der Waals surface area contributed by atoms with Crippen LogP contribution < -0.4 is 5.32 Å². The van der Waals surface area contributed by atoms with Gasteiger partial charge in [-0.3, -0.25) is 0 Å². The Morgan fingerprint density at radius 2 is 2.58 bits per heavy atom. The Bertz CT molecular complexity index is 255. The molecule has 0 saturated carbocycles. The quantitative estimate of drug-likeness (QED) is 0.723. The van der Waals surface area contributed by atoms with Gasteiger partial charge in [0.05, 0.1) is 11.2 Å². The second-order valence-electron chi connectivity index (χ2n) is 2.67. The van der Waals surface area contributed by atoms with Gasteiger partial charge in [-0.1, -0.05) is 6.08 Å². The summed E-state index contributed by atoms with van der Waals surface area (Å²) < 4.78 is 0. The van der Waals surface area contributed by atoms with E-state index in [0.29, 0.717) is 6.04 Å². The first kappa shape index (κ1) is 9.42. The van der Waals surface area contributed by atoms with Crippen molar-refractivity contribution in [3.8, 4) is 0 Å². The van der Waals surface area contributed by atoms with Crippen molar-refractivity contribution >= 4 is 11.3 Å². The third kappa shape index (κ3) is 1.93. The molecule has 1 N–H and O–H groups in total. The maximum absolute atomic E-state index is 4.21. The van der Waals surface area contributed by atoms with Crippen molar-refractivity contribution in [2.24, 2.45) is 0 Å². The molecule has 0 aliphatic heterocycles. The highest BCUT2D eigenvalue weighted by atomic mass is 32.1. The Morgan fingerprint density at radius 1 is 1.83 bits per heavy atom. The lowest BCUT2D eigenvalue weighted by Gasteiger charge is -2.11. The lowest BCUT2D eigenvalue weighted by atomic mass is 10.1. The minimum atomic E-state index is 0.384. The van der Waals surface area contributed by atoms with Crippen LogP contribution >= 0.6 is 11.3 Å². The van der Waals surface area contributed by atoms with Crippen molar-refractivity contribution in [1.29, 1.82) is 0 Å². The molecule has 0 amide bonds. The molecule has 1 aromatic rings. The largest absolute Gasteiger partial charge is 0.312 e. The Morgan fingerprint density at radius 3 is 3.00 bits per heavy atom. The molecule has 1 heterocycles. The van der Waals surface area contributed by atoms with E-state index in [-0.39, 0.29) is 0 Å². The van der Waals surface area contributed by atoms with Crippen molar-refractivity contribution < 1.29 is 0 Å². The van der Waals surface area contributed by atoms with E-state index in [2.05, 4.69) is 16.9 Å². The van der Waals surface area contributed by atoms with Crippen molar-refractivity contribution in [2.75, 3.05) is 7.05 Å². The van der Waals surface area contributed by atoms with Gasteiger partial charge in [-0.15, -0.1) is 17.9 Å². The SMILES string of the molecule is C=CCC(NC)c1scnc1C. The molecule has 66 valence electrons. The topological polar surface area (TPSA) is 24.9 Å². The van der Waals surface area contributed by atoms with Gasteiger partial charge in [0.1, 0.15) is 0 Å². The van der Waals surface area contributed by atoms with Gasteiger partial charge >= 0.3 is 0 Å². The van der Waals surface area contributed by atoms with Crippen LogP contribution in [-0.4, -0.2) is 12.0 Å². The summed E-state index contributed by atoms with van der Waals surface area (Å²) in [5.74, 6) is 0. The monoisotopic (exact) mass is 182 g/mol. The molecule has 0 radical (unpaired) electrons. The molecule has 1 unspecified atom stereocenters. The molecule has 0 bridgehead atoms. The maximum atomic E-state index is 4.21. The highest BCUT2D eigenvalue weighted by molar-refractivity contribution is 7.09. The molecule has 0 fully saturated rings. The molecule has 2 nitrogen and oxygen atoms in total. The van der Waals surface area contributed by atoms with E-state index in [4.69, 9.17) is 0 Å². The molecular weight excluding hydrogens is 168 g/mol. The zero-order valence-electron chi connectivity index (χ0n) is 7.50. The first-order valence-electron chi connectivity index (χ1n) is 3.97. The van der Waals surface area contributed by atoms with E-state index in [1.54, 1.807) is 11.3 Å². The molecule has 1 rings (SSSR count). The summed E-state index contributed by atoms with van der Waals surface area (Å²) in [7, 11) is 1.97. The van der Waals surface area contributed by atoms with Gasteiger partial charge in [0.2, 0.25) is 0 Å². The van der Waals surface area contributed by atoms with E-state index < -0.39 is 0 Å². The van der Waals surface area contributed by atoms with Gasteiger partial charge < -0.3 is 5.32 Å². The minimum absolute atomic E-state index is 0.384. The minimum Gasteiger partial charge on any atom is -0.312 e. The third-order valence-electron chi connectivity index (χ3n) is 1.85. The normalized spacial score (nSPS) is 12.8. The summed E-state index contributed by atoms with van der Waals surface area (Å²) >= 11 is 1.70. The lowest BCUT2D eigenvalue weighted by Crippen LogP contribution is -2.15. The number of nitrogens with one attached hydrogen (secondary N) is 1. The van der Waals surface area contributed by atoms with Crippen LogP contribution in [0.4, 0.5) is 0 Å². The Kier molecular flexibility index (Phi) is 3.44. The van der Waals surface area contributed by atoms with Crippen LogP contribution in [0.2, 0.25) is 0 Å². The van der Waals surface area contributed by atoms with Crippen LogP contribution in [0.15, 0.2) is 18.2 Å². The van der Waals surface area contributed by atoms with Crippen LogP contribution in [-0.2, 0) is 0 Å². The zero-order valence-corrected chi connectivity index (χ0v) is 8.32. The molecule has 0 aliphatic carbocycles. The molecule has 0 saturated heterocycles. The summed E-state index contributed by atoms with van der Waals surface area (Å²) in [6, 6.07) is 0.384. The summed E-state index contributed by atoms with van der Waals surface area (Å²) in [6.07, 6.45) is 2.89. The molecule has 0 spiro atoms. The van der Waals surface area contributed by atoms with Gasteiger partial charge in [-0.25, -0.2) is 4.98 Å². The summed E-state index contributed by atoms with van der Waals surface area (Å²) in [5.41, 5.74) is 3.01. The van der Waals surface area contributed by atoms with Gasteiger partial charge in [0.25, 0.3) is 0 Å². The van der Waals surface area contributed by atoms with Crippen molar-refractivity contribution in [2.45, 2.75) is 19.4 Å². The fraction of sp³-hybridized carbons (Fsp3) is 0.444. The number of hydrogen-bond acceptors (Lipinski definition) is 3. The highest BCUT2D eigenvalue weighted by Gasteiger charge is 2.11. The van der Waals surface area contributed by atoms with Gasteiger partial charge in [-0.2, -0.15) is 0 Å². The number of aryl methyl sites for hydroxylation is 1. The van der Waals surface area contributed by atoms with Gasteiger partial charge in [0, 0.05) is 10.9 Å². The van der Waals surface area contributed by atoms with E-state index in [9.17, 15) is 0 Å². The number of hydrogen-bond donors (Lipinski definition) is 1. The van der Waals surface area contributed by atoms with E-state index in [1.165, 1.54) is 4.88 Å². The number of thiazole rings is 1. The zero-order chi connectivity index (χ0) is 8.97. The van der Waals surface area contributed by atoms with Crippen molar-refractivity contribution in [3.63, 3.8) is 0 Å². The van der Waals surface area contributed by atoms with E-state index in [1.807, 2.05) is 25.6 Å². The second kappa shape index (κ2) is 4.38. The average Bonchev–Trinajstić information content (AvgIpc) is 2.47. The Balaban J connectivity index is 2.78. The van der Waals surface area contributed by atoms with Crippen LogP contribution in [0.25, 0.3) is 0 Å². The maximum Gasteiger partial charge on any atom is 0.0798 e. The van der Waals surface area contributed by atoms with Crippen LogP contribution in [0, 0.1) is 6.92 Å². The second-order valence-corrected chi connectivity index (χ2v) is 3.55. The predicted octanol–water partition coefficient (Wildman–Crippen LogP) is 2.29. The molecule has 1 atom stereocenters. The standard InChI is InChI=1S/C9H14N2S/c1-4-5-8(10-3)9-7(2)11-6-12-9/h4,6,8,10H,1,5H2,2-3H3. The molecular formula is C9H14N2S. The summed E-state index contributed by atoms with van der Waals surface area (Å²) in [4.78, 5) is 5.53. The van der Waals surface area contributed by atoms with Crippen LogP contribution in [0.3, 0.4) is 0 Å². The number of aromatic nitrogens is 1. The predicted molar refractivity (Wildman–Crippen MR) is 53.5 cm³/mol. The number of rotatable bonds is 4. The van der Waals surface area contributed by atoms with E-state index >= 15 is 0 Å². The van der Waals surface area contributed by atoms with Gasteiger partial charge in [-0.05, 0) is 20.4 Å². The molecule has 3 heteroatoms. The third-order valence-corrected chi connectivity index (χ3v) is 2.89. The molecule has 0 aliphatic rings. The molecule has 1 aromatic heterocycles. The molecule has 12 heavy (non-hydrogen) atoms. The van der Waals surface area contributed by atoms with Crippen LogP contribution in [0.1, 0.15) is 23.0 Å². The first-order valence-corrected chi connectivity index (χ1v) is 4.85. The van der Waals surface area contributed by atoms with Gasteiger partial charge in [0.15, 0.2) is 0 Å². The average molecular weight is 182 g/mol. The Labute approximate surface area is 77.3 Å². The van der Waals surface area contributed by atoms with Crippen molar-refractivity contribution in [1.82, 2.24) is 10.3 Å². The lowest BCUT2D eigenvalue weighted by molar-refractivity contribution is 0.609. The smallest absolute Gasteiger partial charge is 0.0798 e. The molecule has 0 aromatic carbocycles. The Hall–Kier alpha value is -0.670. The summed E-state index contributed by atoms with van der Waals surface area (Å²) in [6.45, 7) is 5.77. The highest BCUT2D eigenvalue weighted by Crippen LogP contribution is 2.23. The fourth-order valence-corrected chi connectivity index (χ4v) is 2.09. The fourth-order valence-electron chi connectivity index (χ4n) is 1.17. The number of nitrogens with zero attached hydrogens (tertiary/aromatic N) is 1. The van der Waals surface area contributed by atoms with Crippen molar-refractivity contribution in [3.05, 3.63) is 28.7 Å². The van der Waals surface area contributed by atoms with Crippen LogP contribution in [0.5, 0.6) is 0 Å².